The first-order valence-corrected chi connectivity index (χ1v) is 9.53. The Hall–Kier alpha value is -0.470. The third kappa shape index (κ3) is 4.26. The minimum absolute atomic E-state index is 0.0471. The number of aliphatic hydroxyl groups excluding tert-OH is 1. The Morgan fingerprint density at radius 2 is 2.05 bits per heavy atom. The Kier molecular flexibility index (Phi) is 5.79. The second-order valence-electron chi connectivity index (χ2n) is 5.73. The van der Waals surface area contributed by atoms with Gasteiger partial charge in [-0.3, -0.25) is 0 Å². The molecule has 1 saturated heterocycles. The lowest BCUT2D eigenvalue weighted by Crippen LogP contribution is -2.37. The maximum atomic E-state index is 12.6. The molecule has 0 aromatic carbocycles. The van der Waals surface area contributed by atoms with Crippen molar-refractivity contribution in [1.29, 1.82) is 0 Å². The first-order valence-electron chi connectivity index (χ1n) is 7.28. The molecule has 0 saturated carbocycles. The van der Waals surface area contributed by atoms with Crippen molar-refractivity contribution in [2.24, 2.45) is 5.92 Å². The number of hydrogen-bond acceptors (Lipinski definition) is 5. The van der Waals surface area contributed by atoms with E-state index in [4.69, 9.17) is 5.11 Å². The fourth-order valence-corrected chi connectivity index (χ4v) is 5.40. The van der Waals surface area contributed by atoms with Crippen molar-refractivity contribution in [2.75, 3.05) is 40.3 Å². The highest BCUT2D eigenvalue weighted by molar-refractivity contribution is 7.91. The maximum absolute atomic E-state index is 12.6. The summed E-state index contributed by atoms with van der Waals surface area (Å²) in [5.41, 5.74) is 0. The van der Waals surface area contributed by atoms with Crippen LogP contribution in [0.4, 0.5) is 0 Å². The largest absolute Gasteiger partial charge is 0.396 e. The zero-order chi connectivity index (χ0) is 15.5. The van der Waals surface area contributed by atoms with Crippen molar-refractivity contribution in [3.05, 3.63) is 17.0 Å². The smallest absolute Gasteiger partial charge is 0.252 e. The summed E-state index contributed by atoms with van der Waals surface area (Å²) >= 11 is 1.26. The van der Waals surface area contributed by atoms with Crippen molar-refractivity contribution in [2.45, 2.75) is 23.5 Å². The summed E-state index contributed by atoms with van der Waals surface area (Å²) in [4.78, 5) is 3.19. The van der Waals surface area contributed by atoms with Gasteiger partial charge in [0, 0.05) is 31.5 Å². The van der Waals surface area contributed by atoms with E-state index in [-0.39, 0.29) is 6.61 Å². The van der Waals surface area contributed by atoms with Crippen LogP contribution < -0.4 is 0 Å². The van der Waals surface area contributed by atoms with Crippen molar-refractivity contribution < 1.29 is 13.5 Å². The van der Waals surface area contributed by atoms with E-state index in [1.54, 1.807) is 19.2 Å². The summed E-state index contributed by atoms with van der Waals surface area (Å²) in [6.45, 7) is 2.71. The van der Waals surface area contributed by atoms with Crippen LogP contribution in [0, 0.1) is 5.92 Å². The second kappa shape index (κ2) is 7.19. The average Bonchev–Trinajstić information content (AvgIpc) is 2.91. The van der Waals surface area contributed by atoms with Gasteiger partial charge in [0.25, 0.3) is 10.0 Å². The molecule has 7 heteroatoms. The number of likely N-dealkylation sites (tertiary alicyclic amines) is 1. The van der Waals surface area contributed by atoms with Crippen LogP contribution in [0.25, 0.3) is 0 Å². The standard InChI is InChI=1S/C14H24N2O3S2/c1-15-8-5-12(6-9-15)11-16(2)21(18,19)14-4-3-13(20-14)7-10-17/h3-4,12,17H,5-11H2,1-2H3. The number of rotatable bonds is 6. The molecule has 2 heterocycles. The van der Waals surface area contributed by atoms with Crippen LogP contribution in [0.1, 0.15) is 17.7 Å². The number of nitrogens with zero attached hydrogens (tertiary/aromatic N) is 2. The average molecular weight is 332 g/mol. The molecule has 0 radical (unpaired) electrons. The monoisotopic (exact) mass is 332 g/mol. The van der Waals surface area contributed by atoms with Gasteiger partial charge in [0.05, 0.1) is 0 Å². The van der Waals surface area contributed by atoms with E-state index in [1.807, 2.05) is 0 Å². The molecule has 5 nitrogen and oxygen atoms in total. The van der Waals surface area contributed by atoms with Gasteiger partial charge in [-0.25, -0.2) is 8.42 Å². The highest BCUT2D eigenvalue weighted by Gasteiger charge is 2.26. The van der Waals surface area contributed by atoms with Gasteiger partial charge in [-0.1, -0.05) is 0 Å². The van der Waals surface area contributed by atoms with Crippen LogP contribution in [0.2, 0.25) is 0 Å². The van der Waals surface area contributed by atoms with Crippen LogP contribution in [-0.2, 0) is 16.4 Å². The molecule has 1 aliphatic rings. The zero-order valence-electron chi connectivity index (χ0n) is 12.7. The van der Waals surface area contributed by atoms with Gasteiger partial charge in [-0.05, 0) is 51.0 Å². The predicted molar refractivity (Wildman–Crippen MR) is 85.1 cm³/mol. The van der Waals surface area contributed by atoms with Gasteiger partial charge in [-0.15, -0.1) is 11.3 Å². The third-order valence-corrected chi connectivity index (χ3v) is 7.45. The molecule has 21 heavy (non-hydrogen) atoms. The first-order chi connectivity index (χ1) is 9.93. The van der Waals surface area contributed by atoms with Crippen LogP contribution in [0.15, 0.2) is 16.3 Å². The number of thiophene rings is 1. The number of aliphatic hydroxyl groups is 1. The van der Waals surface area contributed by atoms with Crippen LogP contribution in [0.5, 0.6) is 0 Å². The summed E-state index contributed by atoms with van der Waals surface area (Å²) in [5, 5.41) is 8.92. The topological polar surface area (TPSA) is 60.9 Å². The molecule has 1 N–H and O–H groups in total. The molecule has 2 rings (SSSR count). The number of sulfonamides is 1. The zero-order valence-corrected chi connectivity index (χ0v) is 14.3. The van der Waals surface area contributed by atoms with Crippen LogP contribution in [-0.4, -0.2) is 63.1 Å². The molecule has 0 atom stereocenters. The van der Waals surface area contributed by atoms with E-state index >= 15 is 0 Å². The molecular formula is C14H24N2O3S2. The van der Waals surface area contributed by atoms with E-state index < -0.39 is 10.0 Å². The lowest BCUT2D eigenvalue weighted by Gasteiger charge is -2.31. The Balaban J connectivity index is 2.00. The maximum Gasteiger partial charge on any atom is 0.252 e. The predicted octanol–water partition coefficient (Wildman–Crippen LogP) is 1.25. The van der Waals surface area contributed by atoms with E-state index in [2.05, 4.69) is 11.9 Å². The number of hydrogen-bond donors (Lipinski definition) is 1. The minimum atomic E-state index is -3.39. The van der Waals surface area contributed by atoms with Crippen molar-refractivity contribution in [3.63, 3.8) is 0 Å². The molecule has 1 aromatic rings. The Morgan fingerprint density at radius 3 is 2.67 bits per heavy atom. The summed E-state index contributed by atoms with van der Waals surface area (Å²) < 4.78 is 27.0. The molecule has 0 unspecified atom stereocenters. The summed E-state index contributed by atoms with van der Waals surface area (Å²) in [5.74, 6) is 0.442. The van der Waals surface area contributed by atoms with Crippen LogP contribution in [0.3, 0.4) is 0 Å². The van der Waals surface area contributed by atoms with Crippen LogP contribution >= 0.6 is 11.3 Å². The molecule has 0 aliphatic carbocycles. The summed E-state index contributed by atoms with van der Waals surface area (Å²) in [7, 11) is 0.375. The van der Waals surface area contributed by atoms with Gasteiger partial charge in [0.15, 0.2) is 0 Å². The van der Waals surface area contributed by atoms with Gasteiger partial charge < -0.3 is 10.0 Å². The summed E-state index contributed by atoms with van der Waals surface area (Å²) in [6, 6.07) is 3.44. The normalized spacial score (nSPS) is 18.5. The Morgan fingerprint density at radius 1 is 1.38 bits per heavy atom. The Labute approximate surface area is 131 Å². The van der Waals surface area contributed by atoms with E-state index in [0.717, 1.165) is 30.8 Å². The van der Waals surface area contributed by atoms with Crippen molar-refractivity contribution in [3.8, 4) is 0 Å². The van der Waals surface area contributed by atoms with E-state index in [1.165, 1.54) is 15.6 Å². The molecule has 0 spiro atoms. The van der Waals surface area contributed by atoms with Gasteiger partial charge in [0.2, 0.25) is 0 Å². The quantitative estimate of drug-likeness (QED) is 0.852. The lowest BCUT2D eigenvalue weighted by molar-refractivity contribution is 0.202. The molecule has 0 bridgehead atoms. The molecular weight excluding hydrogens is 308 g/mol. The van der Waals surface area contributed by atoms with E-state index in [0.29, 0.717) is 23.1 Å². The van der Waals surface area contributed by atoms with Gasteiger partial charge >= 0.3 is 0 Å². The second-order valence-corrected chi connectivity index (χ2v) is 9.17. The van der Waals surface area contributed by atoms with Crippen molar-refractivity contribution >= 4 is 21.4 Å². The number of piperidine rings is 1. The van der Waals surface area contributed by atoms with Gasteiger partial charge in [0.1, 0.15) is 4.21 Å². The lowest BCUT2D eigenvalue weighted by atomic mass is 9.97. The SMILES string of the molecule is CN1CCC(CN(C)S(=O)(=O)c2ccc(CCO)s2)CC1. The molecule has 0 amide bonds. The highest BCUT2D eigenvalue weighted by Crippen LogP contribution is 2.26. The fraction of sp³-hybridized carbons (Fsp3) is 0.714. The minimum Gasteiger partial charge on any atom is -0.396 e. The molecule has 1 aromatic heterocycles. The van der Waals surface area contributed by atoms with Crippen molar-refractivity contribution in [1.82, 2.24) is 9.21 Å². The highest BCUT2D eigenvalue weighted by atomic mass is 32.2. The molecule has 1 fully saturated rings. The molecule has 120 valence electrons. The fourth-order valence-electron chi connectivity index (χ4n) is 2.60. The van der Waals surface area contributed by atoms with Gasteiger partial charge in [-0.2, -0.15) is 4.31 Å². The summed E-state index contributed by atoms with van der Waals surface area (Å²) in [6.07, 6.45) is 2.62. The Bertz CT molecular complexity index is 548. The molecule has 1 aliphatic heterocycles. The first kappa shape index (κ1) is 16.9. The van der Waals surface area contributed by atoms with E-state index in [9.17, 15) is 8.42 Å². The third-order valence-electron chi connectivity index (χ3n) is 4.01.